The van der Waals surface area contributed by atoms with Gasteiger partial charge in [-0.15, -0.1) is 10.2 Å². The molecule has 9 heteroatoms. The van der Waals surface area contributed by atoms with E-state index in [1.807, 2.05) is 49.4 Å². The molecule has 0 bridgehead atoms. The zero-order chi connectivity index (χ0) is 24.8. The normalized spacial score (nSPS) is 11.0. The van der Waals surface area contributed by atoms with Gasteiger partial charge in [-0.05, 0) is 30.7 Å². The molecule has 0 saturated heterocycles. The zero-order valence-electron chi connectivity index (χ0n) is 18.9. The molecule has 0 saturated carbocycles. The molecule has 9 nitrogen and oxygen atoms in total. The largest absolute Gasteiger partial charge is 0.493 e. The smallest absolute Gasteiger partial charge is 0.353 e. The second-order valence-corrected chi connectivity index (χ2v) is 7.86. The number of fused-ring (bicyclic) bond motifs is 1. The lowest BCUT2D eigenvalue weighted by Crippen LogP contribution is -2.29. The molecule has 0 aliphatic carbocycles. The van der Waals surface area contributed by atoms with Crippen LogP contribution < -0.4 is 10.6 Å². The summed E-state index contributed by atoms with van der Waals surface area (Å²) in [5, 5.41) is 23.9. The van der Waals surface area contributed by atoms with E-state index in [1.54, 1.807) is 36.4 Å². The van der Waals surface area contributed by atoms with Crippen LogP contribution in [-0.2, 0) is 27.5 Å². The number of aromatic hydroxyl groups is 1. The second-order valence-electron chi connectivity index (χ2n) is 7.86. The molecule has 35 heavy (non-hydrogen) atoms. The first-order valence-corrected chi connectivity index (χ1v) is 10.9. The van der Waals surface area contributed by atoms with Gasteiger partial charge in [-0.3, -0.25) is 14.4 Å². The van der Waals surface area contributed by atoms with Crippen LogP contribution in [0.2, 0.25) is 0 Å². The Morgan fingerprint density at radius 1 is 0.914 bits per heavy atom. The van der Waals surface area contributed by atoms with E-state index in [2.05, 4.69) is 20.9 Å². The summed E-state index contributed by atoms with van der Waals surface area (Å²) in [6.07, 6.45) is 0. The SMILES string of the molecule is Cc1ccc(NC(=O)Cn2c(O)c(N=NC(=O)C(=O)NCc3ccccc3)c3ccccc32)cc1. The lowest BCUT2D eigenvalue weighted by molar-refractivity contribution is -0.137. The van der Waals surface area contributed by atoms with Crippen LogP contribution >= 0.6 is 0 Å². The number of rotatable bonds is 6. The zero-order valence-corrected chi connectivity index (χ0v) is 18.9. The number of carbonyl (C=O) groups excluding carboxylic acids is 3. The number of nitrogens with zero attached hydrogens (tertiary/aromatic N) is 3. The number of aromatic nitrogens is 1. The number of hydrogen-bond acceptors (Lipinski definition) is 5. The fourth-order valence-electron chi connectivity index (χ4n) is 3.51. The molecule has 3 N–H and O–H groups in total. The molecule has 176 valence electrons. The number of aryl methyl sites for hydroxylation is 1. The summed E-state index contributed by atoms with van der Waals surface area (Å²) in [5.74, 6) is -2.72. The summed E-state index contributed by atoms with van der Waals surface area (Å²) in [4.78, 5) is 36.9. The van der Waals surface area contributed by atoms with Crippen LogP contribution in [0, 0.1) is 6.92 Å². The minimum atomic E-state index is -1.10. The second kappa shape index (κ2) is 10.4. The molecule has 0 atom stereocenters. The van der Waals surface area contributed by atoms with Crippen LogP contribution in [0.5, 0.6) is 5.88 Å². The van der Waals surface area contributed by atoms with Crippen molar-refractivity contribution in [2.45, 2.75) is 20.0 Å². The van der Waals surface area contributed by atoms with Gasteiger partial charge in [0.2, 0.25) is 11.8 Å². The van der Waals surface area contributed by atoms with Crippen LogP contribution in [0.4, 0.5) is 11.4 Å². The van der Waals surface area contributed by atoms with E-state index < -0.39 is 11.8 Å². The van der Waals surface area contributed by atoms with E-state index in [9.17, 15) is 19.5 Å². The van der Waals surface area contributed by atoms with E-state index >= 15 is 0 Å². The minimum absolute atomic E-state index is 0.00653. The molecule has 1 aromatic heterocycles. The Kier molecular flexibility index (Phi) is 6.96. The molecule has 1 heterocycles. The number of anilines is 1. The van der Waals surface area contributed by atoms with Crippen LogP contribution in [0.1, 0.15) is 11.1 Å². The van der Waals surface area contributed by atoms with Crippen molar-refractivity contribution in [2.24, 2.45) is 10.2 Å². The first kappa shape index (κ1) is 23.4. The van der Waals surface area contributed by atoms with Gasteiger partial charge in [0, 0.05) is 17.6 Å². The molecule has 4 aromatic rings. The topological polar surface area (TPSA) is 125 Å². The summed E-state index contributed by atoms with van der Waals surface area (Å²) in [6.45, 7) is 1.92. The average Bonchev–Trinajstić information content (AvgIpc) is 3.13. The highest BCUT2D eigenvalue weighted by Crippen LogP contribution is 2.38. The molecule has 3 aromatic carbocycles. The number of carbonyl (C=O) groups is 3. The molecule has 0 spiro atoms. The Labute approximate surface area is 201 Å². The van der Waals surface area contributed by atoms with Gasteiger partial charge in [-0.25, -0.2) is 0 Å². The van der Waals surface area contributed by atoms with Crippen LogP contribution in [0.15, 0.2) is 89.1 Å². The number of nitrogens with one attached hydrogen (secondary N) is 2. The van der Waals surface area contributed by atoms with E-state index in [0.29, 0.717) is 16.6 Å². The van der Waals surface area contributed by atoms with Gasteiger partial charge in [-0.2, -0.15) is 0 Å². The van der Waals surface area contributed by atoms with E-state index in [-0.39, 0.29) is 30.6 Å². The summed E-state index contributed by atoms with van der Waals surface area (Å²) >= 11 is 0. The third-order valence-electron chi connectivity index (χ3n) is 5.29. The standard InChI is InChI=1S/C26H23N5O4/c1-17-11-13-19(14-12-17)28-22(32)16-31-21-10-6-5-9-20(21)23(26(31)35)29-30-25(34)24(33)27-15-18-7-3-2-4-8-18/h2-14,35H,15-16H2,1H3,(H,27,33)(H,28,32). The Hall–Kier alpha value is -4.79. The molecule has 0 aliphatic heterocycles. The van der Waals surface area contributed by atoms with Crippen molar-refractivity contribution in [3.63, 3.8) is 0 Å². The van der Waals surface area contributed by atoms with Crippen molar-refractivity contribution in [2.75, 3.05) is 5.32 Å². The maximum Gasteiger partial charge on any atom is 0.353 e. The van der Waals surface area contributed by atoms with Gasteiger partial charge in [0.25, 0.3) is 0 Å². The first-order chi connectivity index (χ1) is 16.9. The van der Waals surface area contributed by atoms with Gasteiger partial charge < -0.3 is 20.3 Å². The maximum atomic E-state index is 12.6. The first-order valence-electron chi connectivity index (χ1n) is 10.9. The number of amides is 3. The highest BCUT2D eigenvalue weighted by Gasteiger charge is 2.20. The summed E-state index contributed by atoms with van der Waals surface area (Å²) in [7, 11) is 0. The highest BCUT2D eigenvalue weighted by molar-refractivity contribution is 6.35. The number of azo groups is 1. The van der Waals surface area contributed by atoms with Gasteiger partial charge >= 0.3 is 11.8 Å². The Bertz CT molecular complexity index is 1410. The number of hydrogen-bond donors (Lipinski definition) is 3. The Morgan fingerprint density at radius 3 is 2.34 bits per heavy atom. The molecule has 0 unspecified atom stereocenters. The van der Waals surface area contributed by atoms with E-state index in [1.165, 1.54) is 4.57 Å². The van der Waals surface area contributed by atoms with Crippen LogP contribution in [-0.4, -0.2) is 27.4 Å². The molecule has 0 fully saturated rings. The van der Waals surface area contributed by atoms with Crippen molar-refractivity contribution in [1.82, 2.24) is 9.88 Å². The molecular weight excluding hydrogens is 446 g/mol. The predicted octanol–water partition coefficient (Wildman–Crippen LogP) is 4.22. The fraction of sp³-hybridized carbons (Fsp3) is 0.115. The van der Waals surface area contributed by atoms with Crippen molar-refractivity contribution in [1.29, 1.82) is 0 Å². The van der Waals surface area contributed by atoms with Gasteiger partial charge in [0.15, 0.2) is 5.69 Å². The van der Waals surface area contributed by atoms with Gasteiger partial charge in [0.05, 0.1) is 5.52 Å². The highest BCUT2D eigenvalue weighted by atomic mass is 16.3. The van der Waals surface area contributed by atoms with Crippen LogP contribution in [0.3, 0.4) is 0 Å². The summed E-state index contributed by atoms with van der Waals surface area (Å²) in [5.41, 5.74) is 3.04. The molecule has 3 amide bonds. The quantitative estimate of drug-likeness (QED) is 0.289. The third kappa shape index (κ3) is 5.59. The van der Waals surface area contributed by atoms with Crippen LogP contribution in [0.25, 0.3) is 10.9 Å². The monoisotopic (exact) mass is 469 g/mol. The Morgan fingerprint density at radius 2 is 1.60 bits per heavy atom. The Balaban J connectivity index is 1.50. The van der Waals surface area contributed by atoms with E-state index in [0.717, 1.165) is 11.1 Å². The average molecular weight is 470 g/mol. The molecule has 0 aliphatic rings. The molecule has 0 radical (unpaired) electrons. The number of benzene rings is 3. The van der Waals surface area contributed by atoms with Crippen molar-refractivity contribution in [3.05, 3.63) is 90.0 Å². The van der Waals surface area contributed by atoms with Gasteiger partial charge in [-0.1, -0.05) is 66.2 Å². The maximum absolute atomic E-state index is 12.6. The third-order valence-corrected chi connectivity index (χ3v) is 5.29. The molecule has 4 rings (SSSR count). The number of para-hydroxylation sites is 1. The van der Waals surface area contributed by atoms with Crippen molar-refractivity contribution >= 4 is 40.0 Å². The molecular formula is C26H23N5O4. The van der Waals surface area contributed by atoms with Gasteiger partial charge in [0.1, 0.15) is 6.54 Å². The predicted molar refractivity (Wildman–Crippen MR) is 131 cm³/mol. The summed E-state index contributed by atoms with van der Waals surface area (Å²) in [6, 6.07) is 23.3. The van der Waals surface area contributed by atoms with E-state index in [4.69, 9.17) is 0 Å². The van der Waals surface area contributed by atoms with Crippen molar-refractivity contribution in [3.8, 4) is 5.88 Å². The minimum Gasteiger partial charge on any atom is -0.493 e. The van der Waals surface area contributed by atoms with Crippen molar-refractivity contribution < 1.29 is 19.5 Å². The lowest BCUT2D eigenvalue weighted by atomic mass is 10.2. The fourth-order valence-corrected chi connectivity index (χ4v) is 3.51. The lowest BCUT2D eigenvalue weighted by Gasteiger charge is -2.08. The summed E-state index contributed by atoms with van der Waals surface area (Å²) < 4.78 is 1.37.